The molecule has 4 heteroatoms. The topological polar surface area (TPSA) is 59.7 Å². The summed E-state index contributed by atoms with van der Waals surface area (Å²) in [5.41, 5.74) is 1.71. The molecule has 0 aliphatic rings. The van der Waals surface area contributed by atoms with E-state index in [0.717, 1.165) is 22.3 Å². The summed E-state index contributed by atoms with van der Waals surface area (Å²) in [5, 5.41) is 9.93. The molecule has 0 bridgehead atoms. The molecule has 0 unspecified atom stereocenters. The second kappa shape index (κ2) is 4.74. The summed E-state index contributed by atoms with van der Waals surface area (Å²) >= 11 is 0. The number of fused-ring (bicyclic) bond motifs is 1. The smallest absolute Gasteiger partial charge is 0.335 e. The van der Waals surface area contributed by atoms with E-state index in [0.29, 0.717) is 5.76 Å². The summed E-state index contributed by atoms with van der Waals surface area (Å²) in [7, 11) is 1.61. The lowest BCUT2D eigenvalue weighted by Gasteiger charge is -1.98. The van der Waals surface area contributed by atoms with Gasteiger partial charge in [0.05, 0.1) is 12.7 Å². The highest BCUT2D eigenvalue weighted by Crippen LogP contribution is 2.30. The highest BCUT2D eigenvalue weighted by Gasteiger charge is 2.09. The fraction of sp³-hybridized carbons (Fsp3) is 0.0625. The summed E-state index contributed by atoms with van der Waals surface area (Å²) in [4.78, 5) is 11.0. The van der Waals surface area contributed by atoms with Crippen LogP contribution in [0.5, 0.6) is 5.75 Å². The van der Waals surface area contributed by atoms with Crippen LogP contribution in [0.4, 0.5) is 0 Å². The molecule has 0 saturated heterocycles. The Kier molecular flexibility index (Phi) is 2.91. The van der Waals surface area contributed by atoms with E-state index in [2.05, 4.69) is 0 Å². The number of carboxylic acid groups (broad SMARTS) is 1. The van der Waals surface area contributed by atoms with Gasteiger partial charge in [-0.3, -0.25) is 0 Å². The van der Waals surface area contributed by atoms with Crippen molar-refractivity contribution in [1.29, 1.82) is 0 Å². The van der Waals surface area contributed by atoms with E-state index >= 15 is 0 Å². The van der Waals surface area contributed by atoms with Crippen LogP contribution in [-0.4, -0.2) is 18.2 Å². The maximum atomic E-state index is 11.0. The molecule has 20 heavy (non-hydrogen) atoms. The molecular weight excluding hydrogens is 256 g/mol. The maximum absolute atomic E-state index is 11.0. The molecule has 0 spiro atoms. The van der Waals surface area contributed by atoms with Crippen molar-refractivity contribution in [1.82, 2.24) is 0 Å². The van der Waals surface area contributed by atoms with Crippen molar-refractivity contribution >= 4 is 16.9 Å². The summed E-state index contributed by atoms with van der Waals surface area (Å²) in [5.74, 6) is 0.435. The van der Waals surface area contributed by atoms with Gasteiger partial charge in [-0.1, -0.05) is 12.1 Å². The molecule has 0 saturated carbocycles. The Morgan fingerprint density at radius 3 is 2.75 bits per heavy atom. The number of carbonyl (C=O) groups is 1. The summed E-state index contributed by atoms with van der Waals surface area (Å²) in [6.07, 6.45) is 0. The maximum Gasteiger partial charge on any atom is 0.335 e. The molecule has 0 amide bonds. The Labute approximate surface area is 115 Å². The van der Waals surface area contributed by atoms with Gasteiger partial charge in [0, 0.05) is 10.9 Å². The average molecular weight is 268 g/mol. The van der Waals surface area contributed by atoms with Crippen LogP contribution in [0.15, 0.2) is 52.9 Å². The Bertz CT molecular complexity index is 786. The number of carboxylic acids is 1. The van der Waals surface area contributed by atoms with Gasteiger partial charge in [0.15, 0.2) is 0 Å². The summed E-state index contributed by atoms with van der Waals surface area (Å²) in [6.45, 7) is 0. The number of hydrogen-bond acceptors (Lipinski definition) is 3. The number of benzene rings is 2. The molecule has 1 heterocycles. The van der Waals surface area contributed by atoms with E-state index in [1.54, 1.807) is 25.3 Å². The van der Waals surface area contributed by atoms with Gasteiger partial charge in [0.2, 0.25) is 0 Å². The predicted octanol–water partition coefficient (Wildman–Crippen LogP) is 3.81. The highest BCUT2D eigenvalue weighted by atomic mass is 16.5. The van der Waals surface area contributed by atoms with Gasteiger partial charge >= 0.3 is 5.97 Å². The number of hydrogen-bond donors (Lipinski definition) is 1. The molecule has 0 aliphatic heterocycles. The van der Waals surface area contributed by atoms with E-state index in [1.807, 2.05) is 30.3 Å². The van der Waals surface area contributed by atoms with Gasteiger partial charge in [0.25, 0.3) is 0 Å². The second-order valence-electron chi connectivity index (χ2n) is 4.40. The summed E-state index contributed by atoms with van der Waals surface area (Å²) in [6, 6.07) is 14.1. The number of methoxy groups -OCH3 is 1. The van der Waals surface area contributed by atoms with Gasteiger partial charge < -0.3 is 14.3 Å². The molecule has 0 fully saturated rings. The minimum atomic E-state index is -0.954. The first-order chi connectivity index (χ1) is 9.67. The third-order valence-corrected chi connectivity index (χ3v) is 3.12. The number of furan rings is 1. The highest BCUT2D eigenvalue weighted by molar-refractivity contribution is 5.90. The number of rotatable bonds is 3. The number of aromatic carboxylic acids is 1. The lowest BCUT2D eigenvalue weighted by Crippen LogP contribution is -1.95. The van der Waals surface area contributed by atoms with Crippen LogP contribution < -0.4 is 4.74 Å². The molecule has 3 rings (SSSR count). The number of ether oxygens (including phenoxy) is 1. The lowest BCUT2D eigenvalue weighted by atomic mass is 10.1. The van der Waals surface area contributed by atoms with Crippen LogP contribution in [0.2, 0.25) is 0 Å². The van der Waals surface area contributed by atoms with E-state index in [9.17, 15) is 4.79 Å². The Morgan fingerprint density at radius 1 is 1.15 bits per heavy atom. The van der Waals surface area contributed by atoms with E-state index in [4.69, 9.17) is 14.3 Å². The van der Waals surface area contributed by atoms with Crippen molar-refractivity contribution in [3.8, 4) is 17.1 Å². The fourth-order valence-electron chi connectivity index (χ4n) is 2.10. The Hall–Kier alpha value is -2.75. The van der Waals surface area contributed by atoms with Crippen LogP contribution in [-0.2, 0) is 0 Å². The van der Waals surface area contributed by atoms with Gasteiger partial charge in [-0.2, -0.15) is 0 Å². The molecule has 4 nitrogen and oxygen atoms in total. The van der Waals surface area contributed by atoms with E-state index < -0.39 is 5.97 Å². The predicted molar refractivity (Wildman–Crippen MR) is 75.2 cm³/mol. The summed E-state index contributed by atoms with van der Waals surface area (Å²) < 4.78 is 10.9. The second-order valence-corrected chi connectivity index (χ2v) is 4.40. The Balaban J connectivity index is 2.10. The van der Waals surface area contributed by atoms with Gasteiger partial charge in [0.1, 0.15) is 17.1 Å². The van der Waals surface area contributed by atoms with Crippen molar-refractivity contribution in [3.63, 3.8) is 0 Å². The first-order valence-electron chi connectivity index (χ1n) is 6.09. The zero-order valence-electron chi connectivity index (χ0n) is 10.8. The molecule has 0 atom stereocenters. The Morgan fingerprint density at radius 2 is 2.00 bits per heavy atom. The van der Waals surface area contributed by atoms with E-state index in [1.165, 1.54) is 0 Å². The minimum Gasteiger partial charge on any atom is -0.497 e. The standard InChI is InChI=1S/C16H12O4/c1-19-13-5-6-14-12(8-13)9-15(20-14)10-3-2-4-11(7-10)16(17)18/h2-9H,1H3,(H,17,18). The van der Waals surface area contributed by atoms with Crippen molar-refractivity contribution < 1.29 is 19.1 Å². The van der Waals surface area contributed by atoms with Gasteiger partial charge in [-0.15, -0.1) is 0 Å². The lowest BCUT2D eigenvalue weighted by molar-refractivity contribution is 0.0697. The van der Waals surface area contributed by atoms with Crippen molar-refractivity contribution in [3.05, 3.63) is 54.1 Å². The van der Waals surface area contributed by atoms with Crippen molar-refractivity contribution in [2.24, 2.45) is 0 Å². The first kappa shape index (κ1) is 12.3. The average Bonchev–Trinajstić information content (AvgIpc) is 2.90. The van der Waals surface area contributed by atoms with Crippen LogP contribution in [0.3, 0.4) is 0 Å². The van der Waals surface area contributed by atoms with Crippen LogP contribution in [0.25, 0.3) is 22.3 Å². The van der Waals surface area contributed by atoms with Crippen LogP contribution in [0.1, 0.15) is 10.4 Å². The van der Waals surface area contributed by atoms with Crippen LogP contribution in [0, 0.1) is 0 Å². The third kappa shape index (κ3) is 2.12. The molecule has 0 aliphatic carbocycles. The van der Waals surface area contributed by atoms with E-state index in [-0.39, 0.29) is 5.56 Å². The first-order valence-corrected chi connectivity index (χ1v) is 6.09. The molecule has 1 aromatic heterocycles. The quantitative estimate of drug-likeness (QED) is 0.784. The van der Waals surface area contributed by atoms with Gasteiger partial charge in [-0.05, 0) is 36.4 Å². The molecule has 0 radical (unpaired) electrons. The SMILES string of the molecule is COc1ccc2oc(-c3cccc(C(=O)O)c3)cc2c1. The molecule has 1 N–H and O–H groups in total. The molecule has 2 aromatic carbocycles. The zero-order chi connectivity index (χ0) is 14.1. The van der Waals surface area contributed by atoms with Gasteiger partial charge in [-0.25, -0.2) is 4.79 Å². The minimum absolute atomic E-state index is 0.237. The van der Waals surface area contributed by atoms with Crippen LogP contribution >= 0.6 is 0 Å². The normalized spacial score (nSPS) is 10.7. The molecule has 3 aromatic rings. The zero-order valence-corrected chi connectivity index (χ0v) is 10.8. The largest absolute Gasteiger partial charge is 0.497 e. The monoisotopic (exact) mass is 268 g/mol. The molecule has 100 valence electrons. The fourth-order valence-corrected chi connectivity index (χ4v) is 2.10. The molecular formula is C16H12O4. The third-order valence-electron chi connectivity index (χ3n) is 3.12. The van der Waals surface area contributed by atoms with Crippen molar-refractivity contribution in [2.75, 3.05) is 7.11 Å². The van der Waals surface area contributed by atoms with Crippen molar-refractivity contribution in [2.45, 2.75) is 0 Å².